The van der Waals surface area contributed by atoms with Gasteiger partial charge >= 0.3 is 0 Å². The fourth-order valence-electron chi connectivity index (χ4n) is 1.77. The van der Waals surface area contributed by atoms with Crippen molar-refractivity contribution in [1.29, 1.82) is 5.26 Å². The number of halogens is 3. The number of nitrogens with zero attached hydrogens (tertiary/aromatic N) is 3. The van der Waals surface area contributed by atoms with Crippen molar-refractivity contribution in [3.05, 3.63) is 35.1 Å². The Bertz CT molecular complexity index is 718. The lowest BCUT2D eigenvalue weighted by Crippen LogP contribution is -2.07. The van der Waals surface area contributed by atoms with Crippen LogP contribution in [0.1, 0.15) is 18.9 Å². The quantitative estimate of drug-likeness (QED) is 0.850. The maximum absolute atomic E-state index is 13.8. The van der Waals surface area contributed by atoms with Crippen molar-refractivity contribution in [2.45, 2.75) is 13.3 Å². The third-order valence-corrected chi connectivity index (χ3v) is 2.79. The summed E-state index contributed by atoms with van der Waals surface area (Å²) in [6.45, 7) is 2.44. The minimum atomic E-state index is -1.31. The Labute approximate surface area is 118 Å². The number of benzene rings is 1. The molecule has 8 heteroatoms. The van der Waals surface area contributed by atoms with Crippen molar-refractivity contribution in [2.75, 3.05) is 17.6 Å². The number of nitrogens with one attached hydrogen (secondary N) is 1. The Morgan fingerprint density at radius 3 is 2.57 bits per heavy atom. The first-order valence-corrected chi connectivity index (χ1v) is 6.17. The molecule has 0 aliphatic heterocycles. The molecule has 0 fully saturated rings. The highest BCUT2D eigenvalue weighted by atomic mass is 19.2. The van der Waals surface area contributed by atoms with Crippen molar-refractivity contribution < 1.29 is 13.2 Å². The molecule has 5 nitrogen and oxygen atoms in total. The standard InChI is InChI=1S/C13H12F3N5/c1-2-3-19-13-7(6-17)12(18)21(20-13)11-5-9(15)8(14)4-10(11)16/h4-5H,2-3,18H2,1H3,(H,19,20). The summed E-state index contributed by atoms with van der Waals surface area (Å²) in [5.41, 5.74) is 5.38. The fraction of sp³-hybridized carbons (Fsp3) is 0.231. The number of aromatic nitrogens is 2. The number of nitrogen functional groups attached to an aromatic ring is 1. The lowest BCUT2D eigenvalue weighted by atomic mass is 10.2. The van der Waals surface area contributed by atoms with Gasteiger partial charge < -0.3 is 11.1 Å². The zero-order chi connectivity index (χ0) is 15.6. The van der Waals surface area contributed by atoms with Gasteiger partial charge in [-0.1, -0.05) is 6.92 Å². The molecule has 0 radical (unpaired) electrons. The Morgan fingerprint density at radius 2 is 1.95 bits per heavy atom. The lowest BCUT2D eigenvalue weighted by Gasteiger charge is -2.06. The highest BCUT2D eigenvalue weighted by molar-refractivity contribution is 5.66. The molecule has 0 bridgehead atoms. The van der Waals surface area contributed by atoms with Gasteiger partial charge in [-0.3, -0.25) is 0 Å². The monoisotopic (exact) mass is 295 g/mol. The van der Waals surface area contributed by atoms with Crippen molar-refractivity contribution in [3.8, 4) is 11.8 Å². The first-order chi connectivity index (χ1) is 9.99. The van der Waals surface area contributed by atoms with Crippen molar-refractivity contribution in [2.24, 2.45) is 0 Å². The Morgan fingerprint density at radius 1 is 1.29 bits per heavy atom. The summed E-state index contributed by atoms with van der Waals surface area (Å²) in [5, 5.41) is 15.9. The second kappa shape index (κ2) is 5.75. The molecule has 110 valence electrons. The Kier molecular flexibility index (Phi) is 4.03. The molecule has 0 saturated carbocycles. The molecule has 21 heavy (non-hydrogen) atoms. The van der Waals surface area contributed by atoms with Crippen LogP contribution >= 0.6 is 0 Å². The smallest absolute Gasteiger partial charge is 0.168 e. The highest BCUT2D eigenvalue weighted by Crippen LogP contribution is 2.26. The molecule has 1 aromatic heterocycles. The summed E-state index contributed by atoms with van der Waals surface area (Å²) in [5.74, 6) is -3.56. The van der Waals surface area contributed by atoms with Gasteiger partial charge in [0.15, 0.2) is 23.3 Å². The van der Waals surface area contributed by atoms with E-state index in [1.807, 2.05) is 13.0 Å². The van der Waals surface area contributed by atoms with Gasteiger partial charge in [-0.2, -0.15) is 5.26 Å². The SMILES string of the molecule is CCCNc1nn(-c2cc(F)c(F)cc2F)c(N)c1C#N. The van der Waals surface area contributed by atoms with Crippen LogP contribution < -0.4 is 11.1 Å². The van der Waals surface area contributed by atoms with Gasteiger partial charge in [-0.25, -0.2) is 17.9 Å². The molecular formula is C13H12F3N5. The first-order valence-electron chi connectivity index (χ1n) is 6.17. The first kappa shape index (κ1) is 14.7. The fourth-order valence-corrected chi connectivity index (χ4v) is 1.77. The van der Waals surface area contributed by atoms with Crippen LogP contribution in [0.5, 0.6) is 0 Å². The zero-order valence-corrected chi connectivity index (χ0v) is 11.1. The molecule has 0 aliphatic carbocycles. The predicted molar refractivity (Wildman–Crippen MR) is 71.3 cm³/mol. The van der Waals surface area contributed by atoms with Crippen LogP contribution in [-0.2, 0) is 0 Å². The zero-order valence-electron chi connectivity index (χ0n) is 11.1. The highest BCUT2D eigenvalue weighted by Gasteiger charge is 2.20. The van der Waals surface area contributed by atoms with Crippen molar-refractivity contribution in [3.63, 3.8) is 0 Å². The molecule has 1 aromatic carbocycles. The van der Waals surface area contributed by atoms with E-state index in [1.54, 1.807) is 0 Å². The van der Waals surface area contributed by atoms with E-state index in [4.69, 9.17) is 11.0 Å². The molecule has 3 N–H and O–H groups in total. The van der Waals surface area contributed by atoms with Crippen molar-refractivity contribution >= 4 is 11.6 Å². The van der Waals surface area contributed by atoms with Crippen LogP contribution in [-0.4, -0.2) is 16.3 Å². The summed E-state index contributed by atoms with van der Waals surface area (Å²) in [6.07, 6.45) is 0.775. The van der Waals surface area contributed by atoms with Crippen LogP contribution in [0.2, 0.25) is 0 Å². The predicted octanol–water partition coefficient (Wildman–Crippen LogP) is 2.57. The minimum absolute atomic E-state index is 0.0209. The average molecular weight is 295 g/mol. The largest absolute Gasteiger partial charge is 0.382 e. The molecule has 0 unspecified atom stereocenters. The minimum Gasteiger partial charge on any atom is -0.382 e. The maximum Gasteiger partial charge on any atom is 0.168 e. The topological polar surface area (TPSA) is 79.7 Å². The van der Waals surface area contributed by atoms with Gasteiger partial charge in [0.1, 0.15) is 23.1 Å². The van der Waals surface area contributed by atoms with Crippen LogP contribution in [0.25, 0.3) is 5.69 Å². The van der Waals surface area contributed by atoms with Gasteiger partial charge in [0.2, 0.25) is 0 Å². The van der Waals surface area contributed by atoms with Gasteiger partial charge in [0, 0.05) is 18.7 Å². The molecule has 2 aromatic rings. The molecular weight excluding hydrogens is 283 g/mol. The normalized spacial score (nSPS) is 10.4. The van der Waals surface area contributed by atoms with Gasteiger partial charge in [0.25, 0.3) is 0 Å². The Balaban J connectivity index is 2.57. The number of hydrogen-bond donors (Lipinski definition) is 2. The van der Waals surface area contributed by atoms with Gasteiger partial charge in [-0.15, -0.1) is 5.10 Å². The number of nitriles is 1. The molecule has 0 spiro atoms. The van der Waals surface area contributed by atoms with Gasteiger partial charge in [-0.05, 0) is 6.42 Å². The average Bonchev–Trinajstić information content (AvgIpc) is 2.76. The third kappa shape index (κ3) is 2.63. The summed E-state index contributed by atoms with van der Waals surface area (Å²) in [4.78, 5) is 0. The maximum atomic E-state index is 13.8. The van der Waals surface area contributed by atoms with E-state index in [0.717, 1.165) is 11.1 Å². The number of rotatable bonds is 4. The van der Waals surface area contributed by atoms with E-state index >= 15 is 0 Å². The summed E-state index contributed by atoms with van der Waals surface area (Å²) in [7, 11) is 0. The summed E-state index contributed by atoms with van der Waals surface area (Å²) < 4.78 is 40.9. The molecule has 0 aliphatic rings. The molecule has 0 atom stereocenters. The second-order valence-corrected chi connectivity index (χ2v) is 4.28. The number of anilines is 2. The molecule has 0 amide bonds. The summed E-state index contributed by atoms with van der Waals surface area (Å²) in [6, 6.07) is 2.88. The van der Waals surface area contributed by atoms with E-state index in [0.29, 0.717) is 18.7 Å². The van der Waals surface area contributed by atoms with E-state index in [-0.39, 0.29) is 22.9 Å². The third-order valence-electron chi connectivity index (χ3n) is 2.79. The van der Waals surface area contributed by atoms with E-state index in [1.165, 1.54) is 0 Å². The van der Waals surface area contributed by atoms with Crippen LogP contribution in [0.15, 0.2) is 12.1 Å². The number of nitrogens with two attached hydrogens (primary N) is 1. The summed E-state index contributed by atoms with van der Waals surface area (Å²) >= 11 is 0. The van der Waals surface area contributed by atoms with E-state index in [9.17, 15) is 13.2 Å². The molecule has 1 heterocycles. The molecule has 0 saturated heterocycles. The van der Waals surface area contributed by atoms with E-state index in [2.05, 4.69) is 10.4 Å². The Hall–Kier alpha value is -2.69. The van der Waals surface area contributed by atoms with Crippen molar-refractivity contribution in [1.82, 2.24) is 9.78 Å². The second-order valence-electron chi connectivity index (χ2n) is 4.28. The van der Waals surface area contributed by atoms with E-state index < -0.39 is 17.5 Å². The lowest BCUT2D eigenvalue weighted by molar-refractivity contribution is 0.491. The number of hydrogen-bond acceptors (Lipinski definition) is 4. The molecule has 2 rings (SSSR count). The van der Waals surface area contributed by atoms with Crippen LogP contribution in [0, 0.1) is 28.8 Å². The van der Waals surface area contributed by atoms with Crippen LogP contribution in [0.3, 0.4) is 0 Å². The van der Waals surface area contributed by atoms with Gasteiger partial charge in [0.05, 0.1) is 0 Å². The van der Waals surface area contributed by atoms with Crippen LogP contribution in [0.4, 0.5) is 24.8 Å².